The first-order valence-electron chi connectivity index (χ1n) is 10.4. The number of primary amides is 1. The molecule has 3 rings (SSSR count). The van der Waals surface area contributed by atoms with Crippen molar-refractivity contribution in [3.05, 3.63) is 69.5 Å². The Kier molecular flexibility index (Phi) is 7.44. The molecule has 1 aromatic heterocycles. The third-order valence-electron chi connectivity index (χ3n) is 5.57. The molecule has 0 aliphatic heterocycles. The minimum atomic E-state index is -0.391. The summed E-state index contributed by atoms with van der Waals surface area (Å²) in [4.78, 5) is 12.5. The molecule has 1 amide bonds. The number of ether oxygens (including phenoxy) is 2. The topological polar surface area (TPSA) is 66.5 Å². The van der Waals surface area contributed by atoms with Crippen molar-refractivity contribution in [2.75, 3.05) is 14.2 Å². The second kappa shape index (κ2) is 10.1. The van der Waals surface area contributed by atoms with Crippen LogP contribution in [-0.4, -0.2) is 24.7 Å². The van der Waals surface area contributed by atoms with E-state index < -0.39 is 5.91 Å². The first-order valence-corrected chi connectivity index (χ1v) is 11.2. The van der Waals surface area contributed by atoms with Gasteiger partial charge in [-0.25, -0.2) is 0 Å². The lowest BCUT2D eigenvalue weighted by Gasteiger charge is -2.14. The summed E-state index contributed by atoms with van der Waals surface area (Å²) in [6, 6.07) is 14.0. The Hall–Kier alpha value is -2.73. The largest absolute Gasteiger partial charge is 0.493 e. The van der Waals surface area contributed by atoms with Crippen LogP contribution >= 0.6 is 15.9 Å². The number of nitrogens with two attached hydrogens (primary N) is 1. The van der Waals surface area contributed by atoms with Gasteiger partial charge in [-0.3, -0.25) is 4.79 Å². The van der Waals surface area contributed by atoms with Crippen LogP contribution in [0.25, 0.3) is 11.1 Å². The zero-order chi connectivity index (χ0) is 22.5. The van der Waals surface area contributed by atoms with E-state index in [0.717, 1.165) is 58.4 Å². The minimum Gasteiger partial charge on any atom is -0.493 e. The number of rotatable bonds is 9. The molecule has 2 aromatic carbocycles. The van der Waals surface area contributed by atoms with Crippen molar-refractivity contribution in [2.45, 2.75) is 39.7 Å². The molecule has 31 heavy (non-hydrogen) atoms. The number of amides is 1. The maximum Gasteiger partial charge on any atom is 0.251 e. The van der Waals surface area contributed by atoms with Gasteiger partial charge in [0.05, 0.1) is 19.8 Å². The molecule has 0 bridgehead atoms. The number of halogens is 1. The Morgan fingerprint density at radius 2 is 1.71 bits per heavy atom. The zero-order valence-corrected chi connectivity index (χ0v) is 20.1. The lowest BCUT2D eigenvalue weighted by molar-refractivity contribution is 0.1000. The average Bonchev–Trinajstić information content (AvgIpc) is 3.04. The lowest BCUT2D eigenvalue weighted by atomic mass is 9.98. The van der Waals surface area contributed by atoms with Crippen LogP contribution in [0, 0.1) is 6.92 Å². The van der Waals surface area contributed by atoms with E-state index in [1.54, 1.807) is 14.2 Å². The number of aromatic nitrogens is 1. The Balaban J connectivity index is 2.04. The number of carbonyl (C=O) groups is 1. The van der Waals surface area contributed by atoms with Gasteiger partial charge in [0, 0.05) is 28.0 Å². The number of carbonyl (C=O) groups excluding carboxylic acids is 1. The highest BCUT2D eigenvalue weighted by Crippen LogP contribution is 2.35. The van der Waals surface area contributed by atoms with E-state index in [1.165, 1.54) is 0 Å². The fourth-order valence-corrected chi connectivity index (χ4v) is 4.37. The molecule has 2 N–H and O–H groups in total. The Morgan fingerprint density at radius 3 is 2.29 bits per heavy atom. The van der Waals surface area contributed by atoms with Crippen LogP contribution in [0.1, 0.15) is 40.7 Å². The summed E-state index contributed by atoms with van der Waals surface area (Å²) in [7, 11) is 3.27. The van der Waals surface area contributed by atoms with E-state index >= 15 is 0 Å². The van der Waals surface area contributed by atoms with Crippen LogP contribution < -0.4 is 15.2 Å². The van der Waals surface area contributed by atoms with Crippen LogP contribution in [0.2, 0.25) is 0 Å². The first-order chi connectivity index (χ1) is 14.9. The summed E-state index contributed by atoms with van der Waals surface area (Å²) in [6.45, 7) is 4.87. The molecule has 0 saturated carbocycles. The molecule has 1 heterocycles. The number of aryl methyl sites for hydroxylation is 1. The summed E-state index contributed by atoms with van der Waals surface area (Å²) in [6.07, 6.45) is 2.64. The van der Waals surface area contributed by atoms with Gasteiger partial charge < -0.3 is 19.8 Å². The van der Waals surface area contributed by atoms with Gasteiger partial charge in [-0.1, -0.05) is 47.5 Å². The van der Waals surface area contributed by atoms with Gasteiger partial charge in [0.2, 0.25) is 0 Å². The van der Waals surface area contributed by atoms with E-state index in [4.69, 9.17) is 15.2 Å². The molecule has 0 saturated heterocycles. The van der Waals surface area contributed by atoms with Crippen molar-refractivity contribution in [2.24, 2.45) is 5.73 Å². The summed E-state index contributed by atoms with van der Waals surface area (Å²) in [5, 5.41) is 0. The molecule has 0 unspecified atom stereocenters. The van der Waals surface area contributed by atoms with Gasteiger partial charge >= 0.3 is 0 Å². The SMILES string of the molecule is CCCc1c(-c2ccc(Br)cc2)c(C(N)=O)c(C)n1CCc1ccc(OC)c(OC)c1. The molecule has 0 aliphatic rings. The van der Waals surface area contributed by atoms with Gasteiger partial charge in [0.1, 0.15) is 0 Å². The smallest absolute Gasteiger partial charge is 0.251 e. The number of methoxy groups -OCH3 is 2. The zero-order valence-electron chi connectivity index (χ0n) is 18.5. The van der Waals surface area contributed by atoms with Crippen molar-refractivity contribution >= 4 is 21.8 Å². The Labute approximate surface area is 192 Å². The third kappa shape index (κ3) is 4.79. The van der Waals surface area contributed by atoms with Crippen LogP contribution in [-0.2, 0) is 19.4 Å². The predicted molar refractivity (Wildman–Crippen MR) is 128 cm³/mol. The molecule has 164 valence electrons. The molecular formula is C25H29BrN2O3. The molecule has 0 aliphatic carbocycles. The molecule has 0 spiro atoms. The van der Waals surface area contributed by atoms with Crippen LogP contribution in [0.4, 0.5) is 0 Å². The van der Waals surface area contributed by atoms with Crippen LogP contribution in [0.3, 0.4) is 0 Å². The second-order valence-electron chi connectivity index (χ2n) is 7.49. The second-order valence-corrected chi connectivity index (χ2v) is 8.41. The van der Waals surface area contributed by atoms with E-state index in [0.29, 0.717) is 17.1 Å². The Bertz CT molecular complexity index is 1070. The number of hydrogen-bond acceptors (Lipinski definition) is 3. The van der Waals surface area contributed by atoms with Crippen molar-refractivity contribution in [1.82, 2.24) is 4.57 Å². The van der Waals surface area contributed by atoms with E-state index in [2.05, 4.69) is 27.4 Å². The van der Waals surface area contributed by atoms with Crippen molar-refractivity contribution in [3.8, 4) is 22.6 Å². The lowest BCUT2D eigenvalue weighted by Crippen LogP contribution is -2.14. The molecule has 0 atom stereocenters. The first kappa shape index (κ1) is 22.9. The Morgan fingerprint density at radius 1 is 1.03 bits per heavy atom. The fraction of sp³-hybridized carbons (Fsp3) is 0.320. The molecular weight excluding hydrogens is 456 g/mol. The maximum absolute atomic E-state index is 12.5. The number of hydrogen-bond donors (Lipinski definition) is 1. The summed E-state index contributed by atoms with van der Waals surface area (Å²) in [5.74, 6) is 1.03. The van der Waals surface area contributed by atoms with Crippen molar-refractivity contribution in [3.63, 3.8) is 0 Å². The van der Waals surface area contributed by atoms with Gasteiger partial charge in [0.25, 0.3) is 5.91 Å². The molecule has 6 heteroatoms. The quantitative estimate of drug-likeness (QED) is 0.433. The van der Waals surface area contributed by atoms with Gasteiger partial charge in [-0.05, 0) is 55.2 Å². The van der Waals surface area contributed by atoms with Crippen molar-refractivity contribution < 1.29 is 14.3 Å². The van der Waals surface area contributed by atoms with E-state index in [-0.39, 0.29) is 0 Å². The molecule has 5 nitrogen and oxygen atoms in total. The normalized spacial score (nSPS) is 10.9. The van der Waals surface area contributed by atoms with E-state index in [1.807, 2.05) is 49.4 Å². The highest BCUT2D eigenvalue weighted by Gasteiger charge is 2.24. The highest BCUT2D eigenvalue weighted by atomic mass is 79.9. The number of benzene rings is 2. The summed E-state index contributed by atoms with van der Waals surface area (Å²) < 4.78 is 14.0. The molecule has 3 aromatic rings. The van der Waals surface area contributed by atoms with Gasteiger partial charge in [-0.2, -0.15) is 0 Å². The summed E-state index contributed by atoms with van der Waals surface area (Å²) >= 11 is 3.49. The highest BCUT2D eigenvalue weighted by molar-refractivity contribution is 9.10. The average molecular weight is 485 g/mol. The third-order valence-corrected chi connectivity index (χ3v) is 6.10. The fourth-order valence-electron chi connectivity index (χ4n) is 4.10. The van der Waals surface area contributed by atoms with Crippen molar-refractivity contribution in [1.29, 1.82) is 0 Å². The maximum atomic E-state index is 12.5. The van der Waals surface area contributed by atoms with Gasteiger partial charge in [-0.15, -0.1) is 0 Å². The summed E-state index contributed by atoms with van der Waals surface area (Å²) in [5.41, 5.74) is 11.6. The van der Waals surface area contributed by atoms with E-state index in [9.17, 15) is 4.79 Å². The number of nitrogens with zero attached hydrogens (tertiary/aromatic N) is 1. The molecule has 0 fully saturated rings. The standard InChI is InChI=1S/C25H29BrN2O3/c1-5-6-20-24(18-8-10-19(26)11-9-18)23(25(27)29)16(2)28(20)14-13-17-7-12-21(30-3)22(15-17)31-4/h7-12,15H,5-6,13-14H2,1-4H3,(H2,27,29). The predicted octanol–water partition coefficient (Wildman–Crippen LogP) is 5.54. The van der Waals surface area contributed by atoms with Gasteiger partial charge in [0.15, 0.2) is 11.5 Å². The van der Waals surface area contributed by atoms with Crippen LogP contribution in [0.15, 0.2) is 46.9 Å². The minimum absolute atomic E-state index is 0.391. The monoisotopic (exact) mass is 484 g/mol. The van der Waals surface area contributed by atoms with Crippen LogP contribution in [0.5, 0.6) is 11.5 Å². The molecule has 0 radical (unpaired) electrons.